The highest BCUT2D eigenvalue weighted by Gasteiger charge is 2.58. The lowest BCUT2D eigenvalue weighted by Crippen LogP contribution is -2.34. The number of phenolic OH excluding ortho intramolecular Hbond substituents is 1. The van der Waals surface area contributed by atoms with E-state index in [1.165, 1.54) is 12.1 Å². The molecule has 0 radical (unpaired) electrons. The lowest BCUT2D eigenvalue weighted by Gasteiger charge is -2.25. The molecule has 0 amide bonds. The molecule has 2 rings (SSSR count). The molecule has 23 heavy (non-hydrogen) atoms. The average molecular weight is 335 g/mol. The van der Waals surface area contributed by atoms with Crippen molar-refractivity contribution in [2.24, 2.45) is 0 Å². The SMILES string of the molecule is Nc1cc(-c2ccccc2C(C(F)(F)F)C(F)(F)F)ccc1O. The molecular weight excluding hydrogens is 324 g/mol. The molecule has 2 aromatic carbocycles. The van der Waals surface area contributed by atoms with Gasteiger partial charge in [-0.3, -0.25) is 0 Å². The third kappa shape index (κ3) is 3.52. The van der Waals surface area contributed by atoms with Crippen molar-refractivity contribution in [3.05, 3.63) is 48.0 Å². The topological polar surface area (TPSA) is 46.2 Å². The summed E-state index contributed by atoms with van der Waals surface area (Å²) in [5.41, 5.74) is 4.20. The first-order valence-corrected chi connectivity index (χ1v) is 6.33. The number of nitrogen functional groups attached to an aromatic ring is 1. The molecule has 0 aromatic heterocycles. The highest BCUT2D eigenvalue weighted by Crippen LogP contribution is 2.49. The summed E-state index contributed by atoms with van der Waals surface area (Å²) < 4.78 is 77.7. The van der Waals surface area contributed by atoms with Crippen LogP contribution in [0.4, 0.5) is 32.0 Å². The van der Waals surface area contributed by atoms with Crippen molar-refractivity contribution in [3.63, 3.8) is 0 Å². The van der Waals surface area contributed by atoms with Crippen LogP contribution in [-0.2, 0) is 0 Å². The summed E-state index contributed by atoms with van der Waals surface area (Å²) in [5.74, 6) is -3.92. The summed E-state index contributed by atoms with van der Waals surface area (Å²) in [7, 11) is 0. The highest BCUT2D eigenvalue weighted by molar-refractivity contribution is 5.73. The highest BCUT2D eigenvalue weighted by atomic mass is 19.4. The van der Waals surface area contributed by atoms with Crippen LogP contribution >= 0.6 is 0 Å². The lowest BCUT2D eigenvalue weighted by atomic mass is 9.89. The lowest BCUT2D eigenvalue weighted by molar-refractivity contribution is -0.253. The Kier molecular flexibility index (Phi) is 4.19. The second kappa shape index (κ2) is 5.68. The Balaban J connectivity index is 2.67. The zero-order chi connectivity index (χ0) is 17.4. The third-order valence-corrected chi connectivity index (χ3v) is 3.26. The van der Waals surface area contributed by atoms with Gasteiger partial charge < -0.3 is 10.8 Å². The summed E-state index contributed by atoms with van der Waals surface area (Å²) >= 11 is 0. The van der Waals surface area contributed by atoms with Gasteiger partial charge in [-0.15, -0.1) is 0 Å². The second-order valence-electron chi connectivity index (χ2n) is 4.88. The number of anilines is 1. The summed E-state index contributed by atoms with van der Waals surface area (Å²) in [6.45, 7) is 0. The minimum atomic E-state index is -5.49. The van der Waals surface area contributed by atoms with Crippen molar-refractivity contribution < 1.29 is 31.4 Å². The van der Waals surface area contributed by atoms with E-state index in [-0.39, 0.29) is 22.6 Å². The number of rotatable bonds is 2. The summed E-state index contributed by atoms with van der Waals surface area (Å²) in [5, 5.41) is 9.34. The zero-order valence-corrected chi connectivity index (χ0v) is 11.4. The molecule has 0 heterocycles. The van der Waals surface area contributed by atoms with Gasteiger partial charge in [-0.2, -0.15) is 26.3 Å². The predicted molar refractivity (Wildman–Crippen MR) is 72.8 cm³/mol. The Bertz CT molecular complexity index is 694. The van der Waals surface area contributed by atoms with Gasteiger partial charge in [-0.25, -0.2) is 0 Å². The molecule has 2 aromatic rings. The Morgan fingerprint density at radius 2 is 1.43 bits per heavy atom. The molecule has 2 nitrogen and oxygen atoms in total. The van der Waals surface area contributed by atoms with Gasteiger partial charge in [-0.1, -0.05) is 30.3 Å². The van der Waals surface area contributed by atoms with Crippen LogP contribution in [0, 0.1) is 0 Å². The normalized spacial score (nSPS) is 12.7. The van der Waals surface area contributed by atoms with Gasteiger partial charge in [0, 0.05) is 0 Å². The first kappa shape index (κ1) is 17.0. The summed E-state index contributed by atoms with van der Waals surface area (Å²) in [6, 6.07) is 7.79. The van der Waals surface area contributed by atoms with E-state index in [0.29, 0.717) is 0 Å². The van der Waals surface area contributed by atoms with Gasteiger partial charge in [-0.05, 0) is 28.8 Å². The summed E-state index contributed by atoms with van der Waals surface area (Å²) in [6.07, 6.45) is -11.0. The fraction of sp³-hybridized carbons (Fsp3) is 0.200. The maximum Gasteiger partial charge on any atom is 0.404 e. The minimum Gasteiger partial charge on any atom is -0.506 e. The molecule has 0 bridgehead atoms. The standard InChI is InChI=1S/C15H11F6NO/c16-14(17,18)13(15(19,20)21)10-4-2-1-3-9(10)8-5-6-12(23)11(22)7-8/h1-7,13,23H,22H2. The van der Waals surface area contributed by atoms with Crippen LogP contribution in [0.5, 0.6) is 5.75 Å². The smallest absolute Gasteiger partial charge is 0.404 e. The van der Waals surface area contributed by atoms with Crippen molar-refractivity contribution in [2.45, 2.75) is 18.3 Å². The van der Waals surface area contributed by atoms with Crippen LogP contribution in [-0.4, -0.2) is 17.5 Å². The average Bonchev–Trinajstić information content (AvgIpc) is 2.39. The molecule has 0 aliphatic rings. The minimum absolute atomic E-state index is 0.0504. The Morgan fingerprint density at radius 1 is 0.870 bits per heavy atom. The first-order chi connectivity index (χ1) is 10.5. The molecule has 8 heteroatoms. The van der Waals surface area contributed by atoms with Crippen molar-refractivity contribution >= 4 is 5.69 Å². The fourth-order valence-electron chi connectivity index (χ4n) is 2.27. The predicted octanol–water partition coefficient (Wildman–Crippen LogP) is 4.85. The number of phenols is 1. The van der Waals surface area contributed by atoms with E-state index in [9.17, 15) is 31.4 Å². The number of halogens is 6. The van der Waals surface area contributed by atoms with Crippen molar-refractivity contribution in [1.29, 1.82) is 0 Å². The van der Waals surface area contributed by atoms with Crippen molar-refractivity contribution in [1.82, 2.24) is 0 Å². The Hall–Kier alpha value is -2.38. The molecular formula is C15H11F6NO. The van der Waals surface area contributed by atoms with Gasteiger partial charge >= 0.3 is 12.4 Å². The number of nitrogens with two attached hydrogens (primary N) is 1. The Labute approximate surface area is 127 Å². The van der Waals surface area contributed by atoms with Crippen LogP contribution in [0.2, 0.25) is 0 Å². The van der Waals surface area contributed by atoms with E-state index in [4.69, 9.17) is 5.73 Å². The quantitative estimate of drug-likeness (QED) is 0.468. The van der Waals surface area contributed by atoms with Gasteiger partial charge in [0.05, 0.1) is 5.69 Å². The van der Waals surface area contributed by atoms with Crippen LogP contribution in [0.25, 0.3) is 11.1 Å². The molecule has 0 aliphatic heterocycles. The molecule has 0 atom stereocenters. The number of hydrogen-bond acceptors (Lipinski definition) is 2. The molecule has 0 saturated heterocycles. The van der Waals surface area contributed by atoms with E-state index >= 15 is 0 Å². The fourth-order valence-corrected chi connectivity index (χ4v) is 2.27. The van der Waals surface area contributed by atoms with Crippen LogP contribution in [0.1, 0.15) is 11.5 Å². The number of aromatic hydroxyl groups is 1. The van der Waals surface area contributed by atoms with E-state index in [1.54, 1.807) is 0 Å². The monoisotopic (exact) mass is 335 g/mol. The Morgan fingerprint density at radius 3 is 1.96 bits per heavy atom. The molecule has 0 unspecified atom stereocenters. The van der Waals surface area contributed by atoms with Crippen LogP contribution in [0.15, 0.2) is 42.5 Å². The van der Waals surface area contributed by atoms with Gasteiger partial charge in [0.1, 0.15) is 5.75 Å². The van der Waals surface area contributed by atoms with Crippen molar-refractivity contribution in [2.75, 3.05) is 5.73 Å². The maximum absolute atomic E-state index is 13.0. The molecule has 0 saturated carbocycles. The number of hydrogen-bond donors (Lipinski definition) is 2. The molecule has 0 fully saturated rings. The molecule has 0 aliphatic carbocycles. The molecule has 3 N–H and O–H groups in total. The van der Waals surface area contributed by atoms with Crippen molar-refractivity contribution in [3.8, 4) is 16.9 Å². The van der Waals surface area contributed by atoms with Gasteiger partial charge in [0.25, 0.3) is 0 Å². The third-order valence-electron chi connectivity index (χ3n) is 3.26. The second-order valence-corrected chi connectivity index (χ2v) is 4.88. The van der Waals surface area contributed by atoms with E-state index in [0.717, 1.165) is 30.3 Å². The van der Waals surface area contributed by atoms with Crippen LogP contribution < -0.4 is 5.73 Å². The maximum atomic E-state index is 13.0. The molecule has 0 spiro atoms. The van der Waals surface area contributed by atoms with E-state index < -0.39 is 23.8 Å². The van der Waals surface area contributed by atoms with E-state index in [2.05, 4.69) is 0 Å². The largest absolute Gasteiger partial charge is 0.506 e. The van der Waals surface area contributed by atoms with Crippen LogP contribution in [0.3, 0.4) is 0 Å². The number of alkyl halides is 6. The molecule has 124 valence electrons. The first-order valence-electron chi connectivity index (χ1n) is 6.33. The van der Waals surface area contributed by atoms with Gasteiger partial charge in [0.15, 0.2) is 5.92 Å². The summed E-state index contributed by atoms with van der Waals surface area (Å²) in [4.78, 5) is 0. The zero-order valence-electron chi connectivity index (χ0n) is 11.4. The van der Waals surface area contributed by atoms with Gasteiger partial charge in [0.2, 0.25) is 0 Å². The number of benzene rings is 2. The van der Waals surface area contributed by atoms with E-state index in [1.807, 2.05) is 0 Å².